The third-order valence-electron chi connectivity index (χ3n) is 2.84. The molecule has 0 saturated carbocycles. The number of amides is 1. The maximum absolute atomic E-state index is 11.4. The number of primary amides is 1. The van der Waals surface area contributed by atoms with E-state index in [9.17, 15) is 4.79 Å². The minimum Gasteiger partial charge on any atom is -0.379 e. The lowest BCUT2D eigenvalue weighted by molar-refractivity contribution is -0.126. The van der Waals surface area contributed by atoms with E-state index < -0.39 is 5.54 Å². The van der Waals surface area contributed by atoms with Crippen LogP contribution in [0.2, 0.25) is 0 Å². The van der Waals surface area contributed by atoms with Crippen LogP contribution in [0, 0.1) is 0 Å². The molecule has 0 aliphatic carbocycles. The van der Waals surface area contributed by atoms with E-state index in [-0.39, 0.29) is 5.91 Å². The molecule has 0 heterocycles. The van der Waals surface area contributed by atoms with E-state index in [0.717, 1.165) is 19.4 Å². The summed E-state index contributed by atoms with van der Waals surface area (Å²) in [5, 5.41) is 3.15. The van der Waals surface area contributed by atoms with Crippen LogP contribution in [-0.2, 0) is 9.53 Å². The summed E-state index contributed by atoms with van der Waals surface area (Å²) in [7, 11) is 0. The third kappa shape index (κ3) is 7.34. The summed E-state index contributed by atoms with van der Waals surface area (Å²) in [6.45, 7) is 7.88. The average molecular weight is 244 g/mol. The third-order valence-corrected chi connectivity index (χ3v) is 2.84. The van der Waals surface area contributed by atoms with Gasteiger partial charge in [0.05, 0.1) is 6.61 Å². The van der Waals surface area contributed by atoms with Crippen molar-refractivity contribution in [3.8, 4) is 0 Å². The van der Waals surface area contributed by atoms with Crippen LogP contribution in [-0.4, -0.2) is 31.2 Å². The summed E-state index contributed by atoms with van der Waals surface area (Å²) in [5.74, 6) is -0.348. The van der Waals surface area contributed by atoms with Crippen molar-refractivity contribution < 1.29 is 9.53 Å². The van der Waals surface area contributed by atoms with Crippen LogP contribution in [0.3, 0.4) is 0 Å². The monoisotopic (exact) mass is 244 g/mol. The second-order valence-corrected chi connectivity index (χ2v) is 4.74. The Morgan fingerprint density at radius 2 is 1.94 bits per heavy atom. The fourth-order valence-corrected chi connectivity index (χ4v) is 1.52. The summed E-state index contributed by atoms with van der Waals surface area (Å²) in [5.41, 5.74) is 4.66. The zero-order valence-corrected chi connectivity index (χ0v) is 11.6. The topological polar surface area (TPSA) is 64.3 Å². The fraction of sp³-hybridized carbons (Fsp3) is 0.923. The molecule has 102 valence electrons. The van der Waals surface area contributed by atoms with Crippen LogP contribution in [0.5, 0.6) is 0 Å². The van der Waals surface area contributed by atoms with Gasteiger partial charge in [-0.05, 0) is 26.3 Å². The highest BCUT2D eigenvalue weighted by atomic mass is 16.5. The number of unbranched alkanes of at least 4 members (excludes halogenated alkanes) is 3. The summed E-state index contributed by atoms with van der Waals surface area (Å²) < 4.78 is 5.54. The maximum atomic E-state index is 11.4. The lowest BCUT2D eigenvalue weighted by Crippen LogP contribution is -2.56. The average Bonchev–Trinajstić information content (AvgIpc) is 2.31. The van der Waals surface area contributed by atoms with E-state index in [4.69, 9.17) is 10.5 Å². The minimum absolute atomic E-state index is 0.348. The molecule has 0 aromatic carbocycles. The van der Waals surface area contributed by atoms with Crippen molar-refractivity contribution in [2.75, 3.05) is 19.8 Å². The molecule has 17 heavy (non-hydrogen) atoms. The van der Waals surface area contributed by atoms with Crippen molar-refractivity contribution in [3.05, 3.63) is 0 Å². The molecule has 1 unspecified atom stereocenters. The zero-order chi connectivity index (χ0) is 13.1. The Labute approximate surface area is 105 Å². The highest BCUT2D eigenvalue weighted by molar-refractivity contribution is 5.84. The molecular formula is C13H28N2O2. The smallest absolute Gasteiger partial charge is 0.239 e. The molecule has 0 saturated heterocycles. The SMILES string of the molecule is CCCCCCOCC(C)(NCCC)C(N)=O. The first-order valence-electron chi connectivity index (χ1n) is 6.69. The number of carbonyl (C=O) groups is 1. The number of hydrogen-bond donors (Lipinski definition) is 2. The van der Waals surface area contributed by atoms with E-state index in [1.165, 1.54) is 19.3 Å². The Kier molecular flexibility index (Phi) is 9.09. The summed E-state index contributed by atoms with van der Waals surface area (Å²) in [6.07, 6.45) is 5.67. The van der Waals surface area contributed by atoms with E-state index in [0.29, 0.717) is 13.2 Å². The van der Waals surface area contributed by atoms with Gasteiger partial charge in [-0.2, -0.15) is 0 Å². The Bertz CT molecular complexity index is 210. The summed E-state index contributed by atoms with van der Waals surface area (Å²) >= 11 is 0. The van der Waals surface area contributed by atoms with Crippen molar-refractivity contribution in [2.24, 2.45) is 5.73 Å². The van der Waals surface area contributed by atoms with Gasteiger partial charge in [-0.1, -0.05) is 33.1 Å². The lowest BCUT2D eigenvalue weighted by atomic mass is 10.0. The largest absolute Gasteiger partial charge is 0.379 e. The van der Waals surface area contributed by atoms with Gasteiger partial charge in [0, 0.05) is 6.61 Å². The molecule has 1 atom stereocenters. The first kappa shape index (κ1) is 16.4. The Morgan fingerprint density at radius 1 is 1.24 bits per heavy atom. The van der Waals surface area contributed by atoms with Crippen LogP contribution in [0.1, 0.15) is 52.9 Å². The number of hydrogen-bond acceptors (Lipinski definition) is 3. The molecule has 0 bridgehead atoms. The number of carbonyl (C=O) groups excluding carboxylic acids is 1. The molecule has 4 heteroatoms. The highest BCUT2D eigenvalue weighted by Crippen LogP contribution is 2.06. The van der Waals surface area contributed by atoms with Gasteiger partial charge in [-0.15, -0.1) is 0 Å². The lowest BCUT2D eigenvalue weighted by Gasteiger charge is -2.27. The first-order valence-corrected chi connectivity index (χ1v) is 6.69. The maximum Gasteiger partial charge on any atom is 0.239 e. The van der Waals surface area contributed by atoms with E-state index in [1.54, 1.807) is 6.92 Å². The minimum atomic E-state index is -0.735. The van der Waals surface area contributed by atoms with Gasteiger partial charge in [-0.25, -0.2) is 0 Å². The molecule has 0 rings (SSSR count). The van der Waals surface area contributed by atoms with Crippen LogP contribution in [0.25, 0.3) is 0 Å². The van der Waals surface area contributed by atoms with Crippen molar-refractivity contribution in [3.63, 3.8) is 0 Å². The number of nitrogens with one attached hydrogen (secondary N) is 1. The second-order valence-electron chi connectivity index (χ2n) is 4.74. The fourth-order valence-electron chi connectivity index (χ4n) is 1.52. The first-order chi connectivity index (χ1) is 8.06. The molecule has 1 amide bonds. The van der Waals surface area contributed by atoms with Crippen molar-refractivity contribution in [1.29, 1.82) is 0 Å². The van der Waals surface area contributed by atoms with Gasteiger partial charge in [-0.3, -0.25) is 4.79 Å². The van der Waals surface area contributed by atoms with Crippen LogP contribution < -0.4 is 11.1 Å². The summed E-state index contributed by atoms with van der Waals surface area (Å²) in [4.78, 5) is 11.4. The Hall–Kier alpha value is -0.610. The molecule has 0 radical (unpaired) electrons. The molecule has 0 aromatic rings. The molecule has 0 aliphatic rings. The molecule has 0 spiro atoms. The van der Waals surface area contributed by atoms with Crippen molar-refractivity contribution >= 4 is 5.91 Å². The molecule has 0 aromatic heterocycles. The van der Waals surface area contributed by atoms with E-state index in [1.807, 2.05) is 0 Å². The normalized spacial score (nSPS) is 14.5. The Morgan fingerprint density at radius 3 is 2.47 bits per heavy atom. The van der Waals surface area contributed by atoms with Gasteiger partial charge in [0.15, 0.2) is 0 Å². The molecule has 0 fully saturated rings. The van der Waals surface area contributed by atoms with E-state index >= 15 is 0 Å². The molecule has 0 aliphatic heterocycles. The van der Waals surface area contributed by atoms with Crippen LogP contribution in [0.4, 0.5) is 0 Å². The van der Waals surface area contributed by atoms with Crippen molar-refractivity contribution in [1.82, 2.24) is 5.32 Å². The predicted octanol–water partition coefficient (Wildman–Crippen LogP) is 1.83. The predicted molar refractivity (Wildman–Crippen MR) is 70.9 cm³/mol. The number of rotatable bonds is 11. The number of nitrogens with two attached hydrogens (primary N) is 1. The van der Waals surface area contributed by atoms with Gasteiger partial charge in [0.1, 0.15) is 5.54 Å². The van der Waals surface area contributed by atoms with E-state index in [2.05, 4.69) is 19.2 Å². The Balaban J connectivity index is 3.81. The highest BCUT2D eigenvalue weighted by Gasteiger charge is 2.30. The second kappa shape index (κ2) is 9.42. The molecule has 4 nitrogen and oxygen atoms in total. The van der Waals surface area contributed by atoms with Crippen molar-refractivity contribution in [2.45, 2.75) is 58.4 Å². The van der Waals surface area contributed by atoms with Gasteiger partial charge >= 0.3 is 0 Å². The quantitative estimate of drug-likeness (QED) is 0.545. The standard InChI is InChI=1S/C13H28N2O2/c1-4-6-7-8-10-17-11-13(3,12(14)16)15-9-5-2/h15H,4-11H2,1-3H3,(H2,14,16). The van der Waals surface area contributed by atoms with Crippen LogP contribution in [0.15, 0.2) is 0 Å². The van der Waals surface area contributed by atoms with Gasteiger partial charge < -0.3 is 15.8 Å². The van der Waals surface area contributed by atoms with Gasteiger partial charge in [0.2, 0.25) is 5.91 Å². The number of ether oxygens (including phenoxy) is 1. The van der Waals surface area contributed by atoms with Gasteiger partial charge in [0.25, 0.3) is 0 Å². The zero-order valence-electron chi connectivity index (χ0n) is 11.6. The summed E-state index contributed by atoms with van der Waals surface area (Å²) in [6, 6.07) is 0. The molecular weight excluding hydrogens is 216 g/mol. The van der Waals surface area contributed by atoms with Crippen LogP contribution >= 0.6 is 0 Å². The molecule has 3 N–H and O–H groups in total.